The van der Waals surface area contributed by atoms with Crippen molar-refractivity contribution in [3.05, 3.63) is 113 Å². The van der Waals surface area contributed by atoms with Gasteiger partial charge in [0.05, 0.1) is 17.8 Å². The van der Waals surface area contributed by atoms with Gasteiger partial charge in [-0.15, -0.1) is 0 Å². The summed E-state index contributed by atoms with van der Waals surface area (Å²) in [7, 11) is 5.62. The summed E-state index contributed by atoms with van der Waals surface area (Å²) >= 11 is 0. The molecule has 0 aliphatic heterocycles. The number of likely N-dealkylation sites (N-methyl/N-ethyl adjacent to an activating group) is 1. The van der Waals surface area contributed by atoms with Gasteiger partial charge in [0, 0.05) is 79.9 Å². The number of aliphatic hydroxyl groups is 2. The highest BCUT2D eigenvalue weighted by Crippen LogP contribution is 2.34. The zero-order chi connectivity index (χ0) is 40.1. The van der Waals surface area contributed by atoms with E-state index in [0.29, 0.717) is 6.42 Å². The summed E-state index contributed by atoms with van der Waals surface area (Å²) in [6.07, 6.45) is 3.47. The number of carbonyl (C=O) groups is 4. The Bertz CT molecular complexity index is 2340. The van der Waals surface area contributed by atoms with Crippen LogP contribution in [0.4, 0.5) is 0 Å². The van der Waals surface area contributed by atoms with Gasteiger partial charge in [0.25, 0.3) is 0 Å². The Morgan fingerprint density at radius 1 is 0.909 bits per heavy atom. The van der Waals surface area contributed by atoms with Gasteiger partial charge in [-0.1, -0.05) is 54.1 Å². The number of aryl methyl sites for hydroxylation is 4. The molecule has 4 N–H and O–H groups in total. The molecule has 6 aromatic rings. The van der Waals surface area contributed by atoms with Gasteiger partial charge in [-0.3, -0.25) is 9.59 Å². The highest BCUT2D eigenvalue weighted by molar-refractivity contribution is 6.11. The topological polar surface area (TPSA) is 192 Å². The number of fused-ring (bicyclic) bond motifs is 4. The molecular weight excluding hydrogens is 704 g/mol. The molecule has 55 heavy (non-hydrogen) atoms. The third kappa shape index (κ3) is 8.82. The highest BCUT2D eigenvalue weighted by atomic mass is 16.4. The Balaban J connectivity index is 0.000000171. The SMILES string of the molecule is Cc1ccc(-c2nc3ccc(C)cn3c2CC(=O)N(C)C)cc1.Cc1nccn1CC1CCc2c(c3ccccc3n2C)C1=O.O=C(O)C(O)C(O)C(=O)O. The molecule has 0 radical (unpaired) electrons. The van der Waals surface area contributed by atoms with E-state index in [9.17, 15) is 19.2 Å². The number of aromatic nitrogens is 5. The molecule has 0 fully saturated rings. The number of benzene rings is 2. The summed E-state index contributed by atoms with van der Waals surface area (Å²) in [4.78, 5) is 55.5. The second-order valence-electron chi connectivity index (χ2n) is 13.9. The van der Waals surface area contributed by atoms with Crippen LogP contribution in [-0.4, -0.2) is 98.8 Å². The minimum Gasteiger partial charge on any atom is -0.479 e. The second-order valence-corrected chi connectivity index (χ2v) is 13.9. The van der Waals surface area contributed by atoms with E-state index in [0.717, 1.165) is 69.8 Å². The van der Waals surface area contributed by atoms with Crippen molar-refractivity contribution in [2.75, 3.05) is 14.1 Å². The molecule has 0 saturated heterocycles. The van der Waals surface area contributed by atoms with E-state index in [2.05, 4.69) is 64.5 Å². The van der Waals surface area contributed by atoms with Crippen molar-refractivity contribution in [2.24, 2.45) is 13.0 Å². The maximum Gasteiger partial charge on any atom is 0.335 e. The number of ketones is 1. The summed E-state index contributed by atoms with van der Waals surface area (Å²) in [5.41, 5.74) is 9.35. The lowest BCUT2D eigenvalue weighted by molar-refractivity contribution is -0.165. The third-order valence-electron chi connectivity index (χ3n) is 9.73. The third-order valence-corrected chi connectivity index (χ3v) is 9.73. The molecule has 14 nitrogen and oxygen atoms in total. The molecule has 4 heterocycles. The van der Waals surface area contributed by atoms with Crippen molar-refractivity contribution in [1.82, 2.24) is 28.4 Å². The fraction of sp³-hybridized carbons (Fsp3) is 0.317. The van der Waals surface area contributed by atoms with Crippen molar-refractivity contribution in [1.29, 1.82) is 0 Å². The first-order chi connectivity index (χ1) is 26.1. The zero-order valence-electron chi connectivity index (χ0n) is 31.7. The molecule has 0 saturated carbocycles. The summed E-state index contributed by atoms with van der Waals surface area (Å²) < 4.78 is 6.30. The molecular formula is C41H46N6O8. The van der Waals surface area contributed by atoms with E-state index in [1.54, 1.807) is 25.2 Å². The predicted octanol–water partition coefficient (Wildman–Crippen LogP) is 4.25. The first-order valence-corrected chi connectivity index (χ1v) is 17.7. The number of carboxylic acid groups (broad SMARTS) is 2. The van der Waals surface area contributed by atoms with Gasteiger partial charge >= 0.3 is 11.9 Å². The Kier molecular flexibility index (Phi) is 12.3. The van der Waals surface area contributed by atoms with Gasteiger partial charge < -0.3 is 38.9 Å². The van der Waals surface area contributed by atoms with Crippen molar-refractivity contribution in [3.8, 4) is 11.3 Å². The lowest BCUT2D eigenvalue weighted by atomic mass is 9.85. The Labute approximate surface area is 317 Å². The predicted molar refractivity (Wildman–Crippen MR) is 206 cm³/mol. The number of carbonyl (C=O) groups excluding carboxylic acids is 2. The van der Waals surface area contributed by atoms with Gasteiger partial charge in [0.15, 0.2) is 18.0 Å². The molecule has 288 valence electrons. The number of imidazole rings is 2. The molecule has 7 rings (SSSR count). The first-order valence-electron chi connectivity index (χ1n) is 17.7. The van der Waals surface area contributed by atoms with Crippen molar-refractivity contribution >= 4 is 40.2 Å². The number of pyridine rings is 1. The molecule has 2 aromatic carbocycles. The van der Waals surface area contributed by atoms with Crippen LogP contribution in [0.1, 0.15) is 45.1 Å². The lowest BCUT2D eigenvalue weighted by Gasteiger charge is -2.23. The minimum atomic E-state index is -2.27. The number of nitrogens with zero attached hydrogens (tertiary/aromatic N) is 6. The Morgan fingerprint density at radius 2 is 1.55 bits per heavy atom. The minimum absolute atomic E-state index is 0.0474. The van der Waals surface area contributed by atoms with Crippen LogP contribution in [0.3, 0.4) is 0 Å². The Morgan fingerprint density at radius 3 is 2.15 bits per heavy atom. The smallest absolute Gasteiger partial charge is 0.335 e. The number of aliphatic carboxylic acids is 2. The fourth-order valence-electron chi connectivity index (χ4n) is 6.55. The van der Waals surface area contributed by atoms with Crippen molar-refractivity contribution < 1.29 is 39.6 Å². The fourth-order valence-corrected chi connectivity index (χ4v) is 6.55. The van der Waals surface area contributed by atoms with E-state index in [-0.39, 0.29) is 17.6 Å². The van der Waals surface area contributed by atoms with Gasteiger partial charge in [-0.2, -0.15) is 0 Å². The summed E-state index contributed by atoms with van der Waals surface area (Å²) in [5.74, 6) is -2.17. The largest absolute Gasteiger partial charge is 0.479 e. The van der Waals surface area contributed by atoms with Crippen LogP contribution in [0.15, 0.2) is 79.3 Å². The maximum atomic E-state index is 13.0. The van der Waals surface area contributed by atoms with E-state index < -0.39 is 24.1 Å². The number of amides is 1. The molecule has 0 spiro atoms. The molecule has 3 atom stereocenters. The molecule has 0 bridgehead atoms. The van der Waals surface area contributed by atoms with Crippen LogP contribution in [0, 0.1) is 26.7 Å². The van der Waals surface area contributed by atoms with E-state index in [4.69, 9.17) is 25.4 Å². The number of para-hydroxylation sites is 1. The zero-order valence-corrected chi connectivity index (χ0v) is 31.7. The van der Waals surface area contributed by atoms with Crippen LogP contribution < -0.4 is 0 Å². The van der Waals surface area contributed by atoms with E-state index in [1.165, 1.54) is 11.3 Å². The van der Waals surface area contributed by atoms with E-state index >= 15 is 0 Å². The van der Waals surface area contributed by atoms with Gasteiger partial charge in [-0.05, 0) is 51.3 Å². The average molecular weight is 751 g/mol. The molecule has 4 aromatic heterocycles. The van der Waals surface area contributed by atoms with Crippen LogP contribution in [-0.2, 0) is 40.8 Å². The Hall–Kier alpha value is -6.12. The number of carboxylic acids is 2. The van der Waals surface area contributed by atoms with Crippen molar-refractivity contribution in [3.63, 3.8) is 0 Å². The standard InChI is InChI=1S/C19H21N3O.C18H19N3O.C4H6O6/c1-13-5-8-15(9-6-13)19-16(11-18(23)21(3)4)22-12-14(2)7-10-17(22)20-19;1-12-19-9-10-21(12)11-13-7-8-16-17(18(13)22)14-5-3-4-6-15(14)20(16)2;5-1(3(7)8)2(6)4(9)10/h5-10,12H,11H2,1-4H3;3-6,9-10,13H,7-8,11H2,1-2H3;1-2,5-6H,(H,7,8)(H,9,10). The number of hydrogen-bond acceptors (Lipinski definition) is 8. The van der Waals surface area contributed by atoms with E-state index in [1.807, 2.05) is 54.9 Å². The van der Waals surface area contributed by atoms with Gasteiger partial charge in [0.2, 0.25) is 5.91 Å². The van der Waals surface area contributed by atoms with Crippen LogP contribution >= 0.6 is 0 Å². The normalized spacial score (nSPS) is 14.6. The molecule has 14 heteroatoms. The monoisotopic (exact) mass is 750 g/mol. The number of Topliss-reactive ketones (excluding diaryl/α,β-unsaturated/α-hetero) is 1. The molecule has 1 aliphatic rings. The maximum absolute atomic E-state index is 13.0. The number of hydrogen-bond donors (Lipinski definition) is 4. The van der Waals surface area contributed by atoms with Crippen LogP contribution in [0.25, 0.3) is 27.8 Å². The van der Waals surface area contributed by atoms with Gasteiger partial charge in [-0.25, -0.2) is 19.6 Å². The van der Waals surface area contributed by atoms with Crippen LogP contribution in [0.5, 0.6) is 0 Å². The summed E-state index contributed by atoms with van der Waals surface area (Å²) in [6, 6.07) is 20.5. The number of aliphatic hydroxyl groups excluding tert-OH is 2. The second kappa shape index (κ2) is 16.9. The van der Waals surface area contributed by atoms with Crippen molar-refractivity contribution in [2.45, 2.75) is 58.8 Å². The first kappa shape index (κ1) is 40.1. The summed E-state index contributed by atoms with van der Waals surface area (Å²) in [6.45, 7) is 6.82. The molecule has 1 aliphatic carbocycles. The lowest BCUT2D eigenvalue weighted by Crippen LogP contribution is -2.39. The van der Waals surface area contributed by atoms with Gasteiger partial charge in [0.1, 0.15) is 11.5 Å². The molecule has 1 amide bonds. The number of rotatable bonds is 8. The molecule has 3 unspecified atom stereocenters. The average Bonchev–Trinajstić information content (AvgIpc) is 3.82. The highest BCUT2D eigenvalue weighted by Gasteiger charge is 2.32. The summed E-state index contributed by atoms with van der Waals surface area (Å²) in [5, 5.41) is 33.6. The van der Waals surface area contributed by atoms with Crippen LogP contribution in [0.2, 0.25) is 0 Å². The quantitative estimate of drug-likeness (QED) is 0.175.